The summed E-state index contributed by atoms with van der Waals surface area (Å²) < 4.78 is 53.6. The summed E-state index contributed by atoms with van der Waals surface area (Å²) in [5.41, 5.74) is 2.00. The summed E-state index contributed by atoms with van der Waals surface area (Å²) in [6.07, 6.45) is 4.71. The summed E-state index contributed by atoms with van der Waals surface area (Å²) in [6, 6.07) is 13.3. The van der Waals surface area contributed by atoms with Crippen LogP contribution in [0.25, 0.3) is 0 Å². The van der Waals surface area contributed by atoms with Gasteiger partial charge in [-0.15, -0.1) is 0 Å². The van der Waals surface area contributed by atoms with E-state index in [0.717, 1.165) is 11.1 Å². The Labute approximate surface area is 167 Å². The molecule has 2 N–H and O–H groups in total. The summed E-state index contributed by atoms with van der Waals surface area (Å²) in [5.74, 6) is 0. The van der Waals surface area contributed by atoms with E-state index in [4.69, 9.17) is 0 Å². The van der Waals surface area contributed by atoms with E-state index >= 15 is 0 Å². The van der Waals surface area contributed by atoms with Crippen LogP contribution >= 0.6 is 0 Å². The number of aryl methyl sites for hydroxylation is 2. The molecule has 152 valence electrons. The van der Waals surface area contributed by atoms with Gasteiger partial charge in [-0.3, -0.25) is 0 Å². The fraction of sp³-hybridized carbons (Fsp3) is 0.300. The van der Waals surface area contributed by atoms with Crippen LogP contribution in [0.3, 0.4) is 0 Å². The first-order valence-electron chi connectivity index (χ1n) is 8.98. The molecule has 0 bridgehead atoms. The van der Waals surface area contributed by atoms with Gasteiger partial charge in [0.05, 0.1) is 9.79 Å². The van der Waals surface area contributed by atoms with Crippen molar-refractivity contribution >= 4 is 20.0 Å². The Balaban J connectivity index is 1.70. The highest BCUT2D eigenvalue weighted by Gasteiger charge is 2.13. The van der Waals surface area contributed by atoms with Gasteiger partial charge in [0.2, 0.25) is 20.0 Å². The van der Waals surface area contributed by atoms with Gasteiger partial charge in [-0.2, -0.15) is 0 Å². The van der Waals surface area contributed by atoms with E-state index in [2.05, 4.69) is 9.44 Å². The number of rotatable bonds is 10. The minimum Gasteiger partial charge on any atom is -0.211 e. The standard InChI is InChI=1S/C20H26N2O4S2/c1-17-7-11-19(12-8-17)27(23,24)21-15-5-3-4-6-16-22-28(25,26)20-13-9-18(2)10-14-20/h3-4,7-14,21-22H,5-6,15-16H2,1-2H3/b4-3+. The van der Waals surface area contributed by atoms with Crippen molar-refractivity contribution in [1.82, 2.24) is 9.44 Å². The molecule has 0 spiro atoms. The van der Waals surface area contributed by atoms with Crippen molar-refractivity contribution in [2.45, 2.75) is 36.5 Å². The Hall–Kier alpha value is -2.00. The maximum absolute atomic E-state index is 12.1. The van der Waals surface area contributed by atoms with E-state index in [-0.39, 0.29) is 22.9 Å². The molecule has 0 radical (unpaired) electrons. The molecule has 0 amide bonds. The predicted octanol–water partition coefficient (Wildman–Crippen LogP) is 2.90. The van der Waals surface area contributed by atoms with Gasteiger partial charge in [-0.1, -0.05) is 47.5 Å². The summed E-state index contributed by atoms with van der Waals surface area (Å²) in [6.45, 7) is 4.36. The molecule has 0 atom stereocenters. The molecule has 0 saturated carbocycles. The van der Waals surface area contributed by atoms with E-state index in [1.54, 1.807) is 48.5 Å². The smallest absolute Gasteiger partial charge is 0.211 e. The molecule has 2 rings (SSSR count). The van der Waals surface area contributed by atoms with Crippen molar-refractivity contribution in [2.75, 3.05) is 13.1 Å². The van der Waals surface area contributed by atoms with E-state index in [1.165, 1.54) is 0 Å². The van der Waals surface area contributed by atoms with Crippen molar-refractivity contribution < 1.29 is 16.8 Å². The van der Waals surface area contributed by atoms with Crippen LogP contribution in [0.2, 0.25) is 0 Å². The van der Waals surface area contributed by atoms with Crippen molar-refractivity contribution in [3.05, 3.63) is 71.8 Å². The topological polar surface area (TPSA) is 92.3 Å². The molecule has 2 aromatic rings. The van der Waals surface area contributed by atoms with Crippen LogP contribution in [0.4, 0.5) is 0 Å². The van der Waals surface area contributed by atoms with E-state index < -0.39 is 20.0 Å². The molecule has 28 heavy (non-hydrogen) atoms. The van der Waals surface area contributed by atoms with Gasteiger partial charge < -0.3 is 0 Å². The highest BCUT2D eigenvalue weighted by molar-refractivity contribution is 7.89. The second-order valence-corrected chi connectivity index (χ2v) is 10.0. The molecule has 0 heterocycles. The molecule has 0 fully saturated rings. The largest absolute Gasteiger partial charge is 0.240 e. The number of nitrogens with one attached hydrogen (secondary N) is 2. The summed E-state index contributed by atoms with van der Waals surface area (Å²) >= 11 is 0. The van der Waals surface area contributed by atoms with Gasteiger partial charge >= 0.3 is 0 Å². The second kappa shape index (κ2) is 9.97. The van der Waals surface area contributed by atoms with Gasteiger partial charge in [0.1, 0.15) is 0 Å². The molecule has 6 nitrogen and oxygen atoms in total. The molecule has 0 aliphatic carbocycles. The molecule has 0 aromatic heterocycles. The van der Waals surface area contributed by atoms with E-state index in [0.29, 0.717) is 12.8 Å². The Morgan fingerprint density at radius 2 is 0.964 bits per heavy atom. The third-order valence-electron chi connectivity index (χ3n) is 4.04. The molecule has 0 aliphatic heterocycles. The first-order valence-corrected chi connectivity index (χ1v) is 11.9. The van der Waals surface area contributed by atoms with E-state index in [9.17, 15) is 16.8 Å². The van der Waals surface area contributed by atoms with Crippen LogP contribution in [0.15, 0.2) is 70.5 Å². The molecular formula is C20H26N2O4S2. The average molecular weight is 423 g/mol. The Kier molecular flexibility index (Phi) is 7.94. The van der Waals surface area contributed by atoms with E-state index in [1.807, 2.05) is 26.0 Å². The minimum atomic E-state index is -3.50. The molecule has 0 aliphatic rings. The molecule has 8 heteroatoms. The number of hydrogen-bond donors (Lipinski definition) is 2. The lowest BCUT2D eigenvalue weighted by Gasteiger charge is -2.06. The maximum Gasteiger partial charge on any atom is 0.240 e. The average Bonchev–Trinajstić information content (AvgIpc) is 2.64. The maximum atomic E-state index is 12.1. The number of hydrogen-bond acceptors (Lipinski definition) is 4. The van der Waals surface area contributed by atoms with Crippen LogP contribution in [0, 0.1) is 13.8 Å². The quantitative estimate of drug-likeness (QED) is 0.455. The van der Waals surface area contributed by atoms with Gasteiger partial charge in [0, 0.05) is 13.1 Å². The summed E-state index contributed by atoms with van der Waals surface area (Å²) in [4.78, 5) is 0.486. The second-order valence-electron chi connectivity index (χ2n) is 6.47. The third kappa shape index (κ3) is 6.87. The van der Waals surface area contributed by atoms with Crippen LogP contribution in [0.1, 0.15) is 24.0 Å². The first-order chi connectivity index (χ1) is 13.2. The lowest BCUT2D eigenvalue weighted by Crippen LogP contribution is -2.25. The highest BCUT2D eigenvalue weighted by atomic mass is 32.2. The Morgan fingerprint density at radius 1 is 0.643 bits per heavy atom. The third-order valence-corrected chi connectivity index (χ3v) is 6.99. The van der Waals surface area contributed by atoms with Crippen molar-refractivity contribution in [1.29, 1.82) is 0 Å². The molecule has 0 saturated heterocycles. The zero-order valence-corrected chi connectivity index (χ0v) is 17.7. The van der Waals surface area contributed by atoms with Crippen LogP contribution in [-0.4, -0.2) is 29.9 Å². The first kappa shape index (κ1) is 22.3. The molecular weight excluding hydrogens is 396 g/mol. The SMILES string of the molecule is Cc1ccc(S(=O)(=O)NCC/C=C/CCNS(=O)(=O)c2ccc(C)cc2)cc1. The molecule has 0 unspecified atom stereocenters. The number of benzene rings is 2. The van der Waals surface area contributed by atoms with Crippen LogP contribution in [0.5, 0.6) is 0 Å². The van der Waals surface area contributed by atoms with Gasteiger partial charge in [0.25, 0.3) is 0 Å². The predicted molar refractivity (Wildman–Crippen MR) is 111 cm³/mol. The highest BCUT2D eigenvalue weighted by Crippen LogP contribution is 2.10. The monoisotopic (exact) mass is 422 g/mol. The van der Waals surface area contributed by atoms with Crippen LogP contribution < -0.4 is 9.44 Å². The number of sulfonamides is 2. The van der Waals surface area contributed by atoms with Crippen molar-refractivity contribution in [3.63, 3.8) is 0 Å². The summed E-state index contributed by atoms with van der Waals surface area (Å²) in [7, 11) is -7.01. The fourth-order valence-electron chi connectivity index (χ4n) is 2.39. The zero-order valence-electron chi connectivity index (χ0n) is 16.1. The Morgan fingerprint density at radius 3 is 1.29 bits per heavy atom. The fourth-order valence-corrected chi connectivity index (χ4v) is 4.49. The summed E-state index contributed by atoms with van der Waals surface area (Å²) in [5, 5.41) is 0. The normalized spacial score (nSPS) is 12.5. The lowest BCUT2D eigenvalue weighted by atomic mass is 10.2. The van der Waals surface area contributed by atoms with Gasteiger partial charge in [-0.05, 0) is 51.0 Å². The Bertz CT molecular complexity index is 912. The van der Waals surface area contributed by atoms with Crippen molar-refractivity contribution in [2.24, 2.45) is 0 Å². The zero-order chi connectivity index (χ0) is 20.6. The van der Waals surface area contributed by atoms with Gasteiger partial charge in [-0.25, -0.2) is 26.3 Å². The minimum absolute atomic E-state index is 0.243. The lowest BCUT2D eigenvalue weighted by molar-refractivity contribution is 0.579. The van der Waals surface area contributed by atoms with Crippen molar-refractivity contribution in [3.8, 4) is 0 Å². The molecule has 2 aromatic carbocycles. The van der Waals surface area contributed by atoms with Crippen LogP contribution in [-0.2, 0) is 20.0 Å². The van der Waals surface area contributed by atoms with Gasteiger partial charge in [0.15, 0.2) is 0 Å².